The molecule has 1 aliphatic rings. The van der Waals surface area contributed by atoms with Gasteiger partial charge in [-0.3, -0.25) is 0 Å². The van der Waals surface area contributed by atoms with Crippen LogP contribution in [0.5, 0.6) is 0 Å². The van der Waals surface area contributed by atoms with Crippen LogP contribution in [0.1, 0.15) is 0 Å². The van der Waals surface area contributed by atoms with Gasteiger partial charge in [-0.05, 0) is 11.4 Å². The summed E-state index contributed by atoms with van der Waals surface area (Å²) in [7, 11) is 0. The molecule has 26 heavy (non-hydrogen) atoms. The van der Waals surface area contributed by atoms with Crippen LogP contribution in [0.15, 0.2) is 47.8 Å². The number of nitrogens with zero attached hydrogens (tertiary/aromatic N) is 3. The Morgan fingerprint density at radius 1 is 1.04 bits per heavy atom. The van der Waals surface area contributed by atoms with Gasteiger partial charge in [-0.1, -0.05) is 41.6 Å². The first kappa shape index (κ1) is 17.3. The zero-order valence-electron chi connectivity index (χ0n) is 13.9. The third-order valence-corrected chi connectivity index (χ3v) is 5.58. The van der Waals surface area contributed by atoms with Crippen molar-refractivity contribution < 1.29 is 15.3 Å². The van der Waals surface area contributed by atoms with Gasteiger partial charge in [-0.2, -0.15) is 0 Å². The Kier molecular flexibility index (Phi) is 4.84. The predicted octanol–water partition coefficient (Wildman–Crippen LogP) is 0.728. The lowest BCUT2D eigenvalue weighted by Gasteiger charge is -2.17. The van der Waals surface area contributed by atoms with E-state index in [2.05, 4.69) is 15.6 Å². The molecule has 1 fully saturated rings. The second-order valence-electron chi connectivity index (χ2n) is 6.36. The third-order valence-electron chi connectivity index (χ3n) is 4.71. The molecule has 2 aromatic heterocycles. The summed E-state index contributed by atoms with van der Waals surface area (Å²) in [6.45, 7) is 0.0981. The largest absolute Gasteiger partial charge is 0.395 e. The highest BCUT2D eigenvalue weighted by Crippen LogP contribution is 2.33. The van der Waals surface area contributed by atoms with Crippen LogP contribution in [0.3, 0.4) is 0 Å². The number of nitrogens with one attached hydrogen (secondary N) is 1. The minimum absolute atomic E-state index is 0.237. The molecule has 0 amide bonds. The number of thiophene rings is 1. The van der Waals surface area contributed by atoms with Crippen LogP contribution in [0.25, 0.3) is 21.8 Å². The van der Waals surface area contributed by atoms with Gasteiger partial charge in [-0.25, -0.2) is 4.68 Å². The molecule has 1 saturated heterocycles. The molecule has 1 aliphatic heterocycles. The Hall–Kier alpha value is -2.10. The topological polar surface area (TPSA) is 103 Å². The number of aliphatic hydroxyl groups excluding tert-OH is 3. The van der Waals surface area contributed by atoms with Crippen LogP contribution in [0.2, 0.25) is 0 Å². The average molecular weight is 372 g/mol. The van der Waals surface area contributed by atoms with Gasteiger partial charge in [0.25, 0.3) is 0 Å². The van der Waals surface area contributed by atoms with Crippen LogP contribution < -0.4 is 5.32 Å². The van der Waals surface area contributed by atoms with E-state index in [4.69, 9.17) is 0 Å². The zero-order chi connectivity index (χ0) is 18.1. The summed E-state index contributed by atoms with van der Waals surface area (Å²) >= 11 is 1.59. The lowest BCUT2D eigenvalue weighted by molar-refractivity contribution is 0.0176. The lowest BCUT2D eigenvalue weighted by atomic mass is 10.1. The molecule has 8 heteroatoms. The van der Waals surface area contributed by atoms with Crippen molar-refractivity contribution in [1.29, 1.82) is 0 Å². The molecule has 7 nitrogen and oxygen atoms in total. The van der Waals surface area contributed by atoms with Crippen LogP contribution in [0.4, 0.5) is 0 Å². The predicted molar refractivity (Wildman–Crippen MR) is 98.6 cm³/mol. The van der Waals surface area contributed by atoms with E-state index >= 15 is 0 Å². The van der Waals surface area contributed by atoms with Crippen molar-refractivity contribution in [2.75, 3.05) is 6.61 Å². The second-order valence-corrected chi connectivity index (χ2v) is 7.30. The number of hydrogen-bond donors (Lipinski definition) is 4. The standard InChI is InChI=1S/C18H20N4O3S/c23-10-13-18(25)17(24)12(19-13)9-22-16(14-7-4-8-26-14)15(20-21-22)11-5-2-1-3-6-11/h1-8,12-13,17-19,23-25H,9-10H2/t12-,13-,17-,18-/m1/s1. The molecule has 4 N–H and O–H groups in total. The summed E-state index contributed by atoms with van der Waals surface area (Å²) in [4.78, 5) is 1.03. The maximum absolute atomic E-state index is 10.3. The fraction of sp³-hybridized carbons (Fsp3) is 0.333. The van der Waals surface area contributed by atoms with Crippen molar-refractivity contribution in [2.24, 2.45) is 0 Å². The molecule has 0 unspecified atom stereocenters. The van der Waals surface area contributed by atoms with Gasteiger partial charge in [0.2, 0.25) is 0 Å². The molecular formula is C18H20N4O3S. The van der Waals surface area contributed by atoms with Gasteiger partial charge < -0.3 is 20.6 Å². The van der Waals surface area contributed by atoms with Crippen LogP contribution in [-0.2, 0) is 6.54 Å². The first-order valence-corrected chi connectivity index (χ1v) is 9.33. The van der Waals surface area contributed by atoms with Crippen molar-refractivity contribution in [3.05, 3.63) is 47.8 Å². The van der Waals surface area contributed by atoms with E-state index in [9.17, 15) is 15.3 Å². The SMILES string of the molecule is OC[C@H]1N[C@H](Cn2nnc(-c3ccccc3)c2-c2cccs2)[C@@H](O)[C@@H]1O. The monoisotopic (exact) mass is 372 g/mol. The van der Waals surface area contributed by atoms with Gasteiger partial charge in [0.15, 0.2) is 0 Å². The number of aromatic nitrogens is 3. The van der Waals surface area contributed by atoms with E-state index in [0.29, 0.717) is 6.54 Å². The van der Waals surface area contributed by atoms with E-state index < -0.39 is 24.3 Å². The van der Waals surface area contributed by atoms with E-state index in [1.165, 1.54) is 0 Å². The fourth-order valence-electron chi connectivity index (χ4n) is 3.34. The van der Waals surface area contributed by atoms with E-state index in [0.717, 1.165) is 21.8 Å². The van der Waals surface area contributed by atoms with E-state index in [1.807, 2.05) is 47.8 Å². The van der Waals surface area contributed by atoms with Gasteiger partial charge >= 0.3 is 0 Å². The van der Waals surface area contributed by atoms with Crippen molar-refractivity contribution in [3.63, 3.8) is 0 Å². The van der Waals surface area contributed by atoms with Gasteiger partial charge in [0.05, 0.1) is 42.3 Å². The minimum Gasteiger partial charge on any atom is -0.395 e. The quantitative estimate of drug-likeness (QED) is 0.526. The maximum atomic E-state index is 10.3. The summed E-state index contributed by atoms with van der Waals surface area (Å²) in [5.41, 5.74) is 2.62. The smallest absolute Gasteiger partial charge is 0.121 e. The first-order chi connectivity index (χ1) is 12.7. The van der Waals surface area contributed by atoms with Gasteiger partial charge in [0.1, 0.15) is 11.4 Å². The molecule has 1 aromatic carbocycles. The Morgan fingerprint density at radius 3 is 2.46 bits per heavy atom. The van der Waals surface area contributed by atoms with Crippen molar-refractivity contribution >= 4 is 11.3 Å². The summed E-state index contributed by atoms with van der Waals surface area (Å²) in [6, 6.07) is 12.8. The zero-order valence-corrected chi connectivity index (χ0v) is 14.8. The normalized spacial score (nSPS) is 25.7. The molecule has 4 atom stereocenters. The highest BCUT2D eigenvalue weighted by Gasteiger charge is 2.41. The number of hydrogen-bond acceptors (Lipinski definition) is 7. The summed E-state index contributed by atoms with van der Waals surface area (Å²) in [6.07, 6.45) is -1.99. The molecule has 0 spiro atoms. The molecular weight excluding hydrogens is 352 g/mol. The molecule has 0 bridgehead atoms. The van der Waals surface area contributed by atoms with Crippen molar-refractivity contribution in [2.45, 2.75) is 30.8 Å². The molecule has 136 valence electrons. The third kappa shape index (κ3) is 3.06. The van der Waals surface area contributed by atoms with Crippen LogP contribution in [-0.4, -0.2) is 61.2 Å². The Balaban J connectivity index is 1.70. The molecule has 0 saturated carbocycles. The number of benzene rings is 1. The fourth-order valence-corrected chi connectivity index (χ4v) is 4.12. The summed E-state index contributed by atoms with van der Waals surface area (Å²) in [5, 5.41) is 43.4. The van der Waals surface area contributed by atoms with Gasteiger partial charge in [-0.15, -0.1) is 16.4 Å². The molecule has 0 aliphatic carbocycles. The molecule has 4 rings (SSSR count). The van der Waals surface area contributed by atoms with Crippen molar-refractivity contribution in [3.8, 4) is 21.8 Å². The lowest BCUT2D eigenvalue weighted by Crippen LogP contribution is -2.38. The second kappa shape index (κ2) is 7.26. The Labute approximate surface area is 154 Å². The number of aliphatic hydroxyl groups is 3. The van der Waals surface area contributed by atoms with Crippen molar-refractivity contribution in [1.82, 2.24) is 20.3 Å². The maximum Gasteiger partial charge on any atom is 0.121 e. The molecule has 0 radical (unpaired) electrons. The minimum atomic E-state index is -1.01. The highest BCUT2D eigenvalue weighted by molar-refractivity contribution is 7.13. The molecule has 3 aromatic rings. The first-order valence-electron chi connectivity index (χ1n) is 8.45. The van der Waals surface area contributed by atoms with Crippen LogP contribution in [0, 0.1) is 0 Å². The summed E-state index contributed by atoms with van der Waals surface area (Å²) < 4.78 is 1.75. The van der Waals surface area contributed by atoms with E-state index in [-0.39, 0.29) is 6.61 Å². The Morgan fingerprint density at radius 2 is 1.81 bits per heavy atom. The van der Waals surface area contributed by atoms with Crippen LogP contribution >= 0.6 is 11.3 Å². The van der Waals surface area contributed by atoms with Gasteiger partial charge in [0, 0.05) is 5.56 Å². The average Bonchev–Trinajstić information content (AvgIpc) is 3.38. The van der Waals surface area contributed by atoms with E-state index in [1.54, 1.807) is 16.0 Å². The molecule has 3 heterocycles. The number of rotatable bonds is 5. The highest BCUT2D eigenvalue weighted by atomic mass is 32.1. The summed E-state index contributed by atoms with van der Waals surface area (Å²) in [5.74, 6) is 0. The Bertz CT molecular complexity index is 853.